The van der Waals surface area contributed by atoms with Gasteiger partial charge < -0.3 is 4.98 Å². The molecule has 0 saturated heterocycles. The summed E-state index contributed by atoms with van der Waals surface area (Å²) in [6.07, 6.45) is 2.69. The molecule has 0 saturated carbocycles. The Balaban J connectivity index is 2.65. The van der Waals surface area contributed by atoms with Gasteiger partial charge in [-0.3, -0.25) is 4.98 Å². The molecule has 0 bridgehead atoms. The quantitative estimate of drug-likeness (QED) is 0.857. The fourth-order valence-corrected chi connectivity index (χ4v) is 2.05. The van der Waals surface area contributed by atoms with Gasteiger partial charge in [0.05, 0.1) is 4.47 Å². The zero-order valence-electron chi connectivity index (χ0n) is 9.62. The second kappa shape index (κ2) is 5.06. The molecule has 2 heterocycles. The number of aromatic nitrogens is 3. The highest BCUT2D eigenvalue weighted by Crippen LogP contribution is 2.21. The Kier molecular flexibility index (Phi) is 3.69. The van der Waals surface area contributed by atoms with Crippen LogP contribution in [-0.4, -0.2) is 15.0 Å². The standard InChI is InChI=1S/C12H12BrN3S/c1-3-8-5-4-6-14-10(8)11-15-7(2)9(13)12(17)16-11/h4-6H,3H2,1-2H3,(H,15,16,17). The Hall–Kier alpha value is -1.07. The van der Waals surface area contributed by atoms with Crippen LogP contribution in [0.2, 0.25) is 0 Å². The van der Waals surface area contributed by atoms with Crippen LogP contribution in [0.25, 0.3) is 11.5 Å². The lowest BCUT2D eigenvalue weighted by atomic mass is 10.1. The van der Waals surface area contributed by atoms with Gasteiger partial charge in [-0.2, -0.15) is 0 Å². The molecule has 88 valence electrons. The fourth-order valence-electron chi connectivity index (χ4n) is 1.62. The van der Waals surface area contributed by atoms with Crippen molar-refractivity contribution < 1.29 is 0 Å². The van der Waals surface area contributed by atoms with E-state index >= 15 is 0 Å². The van der Waals surface area contributed by atoms with Crippen LogP contribution in [0.5, 0.6) is 0 Å². The maximum absolute atomic E-state index is 5.20. The average molecular weight is 310 g/mol. The highest BCUT2D eigenvalue weighted by Gasteiger charge is 2.09. The Morgan fingerprint density at radius 2 is 2.24 bits per heavy atom. The van der Waals surface area contributed by atoms with Gasteiger partial charge >= 0.3 is 0 Å². The van der Waals surface area contributed by atoms with E-state index < -0.39 is 0 Å². The van der Waals surface area contributed by atoms with Gasteiger partial charge in [-0.15, -0.1) is 0 Å². The number of rotatable bonds is 2. The molecular formula is C12H12BrN3S. The number of hydrogen-bond acceptors (Lipinski definition) is 3. The van der Waals surface area contributed by atoms with E-state index in [4.69, 9.17) is 12.2 Å². The molecule has 2 aromatic heterocycles. The minimum absolute atomic E-state index is 0.559. The molecule has 2 aromatic rings. The Morgan fingerprint density at radius 1 is 1.47 bits per heavy atom. The van der Waals surface area contributed by atoms with E-state index in [0.29, 0.717) is 4.64 Å². The van der Waals surface area contributed by atoms with Crippen molar-refractivity contribution in [3.8, 4) is 11.5 Å². The van der Waals surface area contributed by atoms with Gasteiger partial charge in [0, 0.05) is 11.9 Å². The van der Waals surface area contributed by atoms with Crippen LogP contribution in [0.1, 0.15) is 18.2 Å². The predicted octanol–water partition coefficient (Wildman–Crippen LogP) is 3.83. The van der Waals surface area contributed by atoms with E-state index in [0.717, 1.165) is 33.7 Å². The number of nitrogens with zero attached hydrogens (tertiary/aromatic N) is 2. The molecule has 0 unspecified atom stereocenters. The first-order valence-corrected chi connectivity index (χ1v) is 6.54. The van der Waals surface area contributed by atoms with Gasteiger partial charge in [0.1, 0.15) is 10.3 Å². The minimum Gasteiger partial charge on any atom is -0.341 e. The van der Waals surface area contributed by atoms with Gasteiger partial charge in [0.25, 0.3) is 0 Å². The van der Waals surface area contributed by atoms with Crippen LogP contribution < -0.4 is 0 Å². The highest BCUT2D eigenvalue weighted by molar-refractivity contribution is 9.10. The van der Waals surface area contributed by atoms with Crippen LogP contribution in [0.4, 0.5) is 0 Å². The van der Waals surface area contributed by atoms with Crippen molar-refractivity contribution in [1.29, 1.82) is 0 Å². The number of aromatic amines is 1. The molecule has 0 amide bonds. The largest absolute Gasteiger partial charge is 0.341 e. The van der Waals surface area contributed by atoms with Gasteiger partial charge in [0.15, 0.2) is 5.82 Å². The molecule has 2 rings (SSSR count). The number of aryl methyl sites for hydroxylation is 2. The molecule has 0 aromatic carbocycles. The summed E-state index contributed by atoms with van der Waals surface area (Å²) in [4.78, 5) is 12.0. The second-order valence-corrected chi connectivity index (χ2v) is 4.87. The third-order valence-corrected chi connectivity index (χ3v) is 4.06. The van der Waals surface area contributed by atoms with Crippen molar-refractivity contribution >= 4 is 28.1 Å². The smallest absolute Gasteiger partial charge is 0.158 e. The van der Waals surface area contributed by atoms with Gasteiger partial charge in [-0.1, -0.05) is 25.2 Å². The first-order valence-electron chi connectivity index (χ1n) is 5.34. The first kappa shape index (κ1) is 12.4. The first-order chi connectivity index (χ1) is 8.13. The summed E-state index contributed by atoms with van der Waals surface area (Å²) in [5.74, 6) is 0.730. The van der Waals surface area contributed by atoms with Crippen LogP contribution in [0, 0.1) is 11.6 Å². The van der Waals surface area contributed by atoms with Crippen molar-refractivity contribution in [2.24, 2.45) is 0 Å². The van der Waals surface area contributed by atoms with E-state index in [9.17, 15) is 0 Å². The van der Waals surface area contributed by atoms with Crippen LogP contribution in [0.15, 0.2) is 22.8 Å². The topological polar surface area (TPSA) is 41.6 Å². The third kappa shape index (κ3) is 2.45. The zero-order valence-corrected chi connectivity index (χ0v) is 12.0. The minimum atomic E-state index is 0.559. The molecule has 0 aliphatic rings. The van der Waals surface area contributed by atoms with Crippen molar-refractivity contribution in [1.82, 2.24) is 15.0 Å². The van der Waals surface area contributed by atoms with E-state index in [1.807, 2.05) is 13.0 Å². The Morgan fingerprint density at radius 3 is 2.88 bits per heavy atom. The average Bonchev–Trinajstić information content (AvgIpc) is 2.35. The van der Waals surface area contributed by atoms with Crippen molar-refractivity contribution in [3.63, 3.8) is 0 Å². The van der Waals surface area contributed by atoms with Crippen molar-refractivity contribution in [2.75, 3.05) is 0 Å². The Bertz CT molecular complexity index is 607. The van der Waals surface area contributed by atoms with Crippen LogP contribution in [-0.2, 0) is 6.42 Å². The number of H-pyrrole nitrogens is 1. The maximum atomic E-state index is 5.20. The molecule has 1 N–H and O–H groups in total. The van der Waals surface area contributed by atoms with E-state index in [-0.39, 0.29) is 0 Å². The molecule has 17 heavy (non-hydrogen) atoms. The fraction of sp³-hybridized carbons (Fsp3) is 0.250. The zero-order chi connectivity index (χ0) is 12.4. The molecule has 0 aliphatic heterocycles. The van der Waals surface area contributed by atoms with Crippen LogP contribution in [0.3, 0.4) is 0 Å². The lowest BCUT2D eigenvalue weighted by molar-refractivity contribution is 1.03. The SMILES string of the molecule is CCc1cccnc1-c1nc(=S)c(Br)c(C)[nH]1. The summed E-state index contributed by atoms with van der Waals surface area (Å²) in [6, 6.07) is 3.99. The number of nitrogens with one attached hydrogen (secondary N) is 1. The maximum Gasteiger partial charge on any atom is 0.158 e. The third-order valence-electron chi connectivity index (χ3n) is 2.53. The molecule has 5 heteroatoms. The molecule has 3 nitrogen and oxygen atoms in total. The summed E-state index contributed by atoms with van der Waals surface area (Å²) in [5, 5.41) is 0. The van der Waals surface area contributed by atoms with E-state index in [1.54, 1.807) is 6.20 Å². The predicted molar refractivity (Wildman–Crippen MR) is 74.5 cm³/mol. The van der Waals surface area contributed by atoms with E-state index in [2.05, 4.69) is 43.9 Å². The molecule has 0 spiro atoms. The molecule has 0 atom stereocenters. The summed E-state index contributed by atoms with van der Waals surface area (Å²) < 4.78 is 1.40. The molecule has 0 fully saturated rings. The van der Waals surface area contributed by atoms with Gasteiger partial charge in [0.2, 0.25) is 0 Å². The molecule has 0 radical (unpaired) electrons. The van der Waals surface area contributed by atoms with Crippen molar-refractivity contribution in [3.05, 3.63) is 38.7 Å². The van der Waals surface area contributed by atoms with Gasteiger partial charge in [-0.25, -0.2) is 4.98 Å². The summed E-state index contributed by atoms with van der Waals surface area (Å²) in [5.41, 5.74) is 3.00. The summed E-state index contributed by atoms with van der Waals surface area (Å²) in [6.45, 7) is 4.06. The lowest BCUT2D eigenvalue weighted by Crippen LogP contribution is -1.99. The molecular weight excluding hydrogens is 298 g/mol. The summed E-state index contributed by atoms with van der Waals surface area (Å²) in [7, 11) is 0. The second-order valence-electron chi connectivity index (χ2n) is 3.69. The van der Waals surface area contributed by atoms with Gasteiger partial charge in [-0.05, 0) is 40.9 Å². The monoisotopic (exact) mass is 309 g/mol. The van der Waals surface area contributed by atoms with Crippen LogP contribution >= 0.6 is 28.1 Å². The number of pyridine rings is 1. The normalized spacial score (nSPS) is 10.5. The lowest BCUT2D eigenvalue weighted by Gasteiger charge is -2.07. The number of halogens is 1. The highest BCUT2D eigenvalue weighted by atomic mass is 79.9. The number of hydrogen-bond donors (Lipinski definition) is 1. The summed E-state index contributed by atoms with van der Waals surface area (Å²) >= 11 is 8.61. The Labute approximate surface area is 113 Å². The molecule has 0 aliphatic carbocycles. The van der Waals surface area contributed by atoms with E-state index in [1.165, 1.54) is 0 Å². The van der Waals surface area contributed by atoms with Crippen molar-refractivity contribution in [2.45, 2.75) is 20.3 Å².